The number of hydrogen-bond acceptors (Lipinski definition) is 4. The van der Waals surface area contributed by atoms with Gasteiger partial charge < -0.3 is 14.2 Å². The fourth-order valence-electron chi connectivity index (χ4n) is 4.82. The smallest absolute Gasteiger partial charge is 0.195 e. The molecule has 0 saturated heterocycles. The van der Waals surface area contributed by atoms with Crippen LogP contribution < -0.4 is 10.2 Å². The largest absolute Gasteiger partial charge is 0.491 e. The van der Waals surface area contributed by atoms with Crippen molar-refractivity contribution in [2.45, 2.75) is 60.3 Å². The zero-order valence-electron chi connectivity index (χ0n) is 21.9. The standard InChI is InChI=1S/C30H39ClO4/c1-20-16-21(2)26(22(3)17-20)28-29(30(28)32)27-23(4)18-25(19-24(27)5)35-15-14-34-13-12-33-11-9-7-6-8-10-31/h16-19H,6-15H2,1-5H3. The van der Waals surface area contributed by atoms with Crippen LogP contribution in [0.1, 0.15) is 53.5 Å². The van der Waals surface area contributed by atoms with E-state index < -0.39 is 0 Å². The molecule has 35 heavy (non-hydrogen) atoms. The van der Waals surface area contributed by atoms with E-state index in [1.807, 2.05) is 26.0 Å². The molecule has 0 radical (unpaired) electrons. The zero-order chi connectivity index (χ0) is 25.4. The van der Waals surface area contributed by atoms with E-state index in [2.05, 4.69) is 32.9 Å². The maximum absolute atomic E-state index is 12.9. The average Bonchev–Trinajstić information content (AvgIpc) is 3.42. The highest BCUT2D eigenvalue weighted by Gasteiger charge is 2.30. The Labute approximate surface area is 215 Å². The number of hydrogen-bond donors (Lipinski definition) is 0. The second kappa shape index (κ2) is 13.2. The van der Waals surface area contributed by atoms with E-state index in [1.165, 1.54) is 12.0 Å². The van der Waals surface area contributed by atoms with Crippen LogP contribution in [0.25, 0.3) is 22.3 Å². The second-order valence-electron chi connectivity index (χ2n) is 9.46. The molecule has 5 heteroatoms. The van der Waals surface area contributed by atoms with E-state index in [0.29, 0.717) is 26.4 Å². The maximum atomic E-state index is 12.9. The lowest BCUT2D eigenvalue weighted by atomic mass is 9.95. The summed E-state index contributed by atoms with van der Waals surface area (Å²) in [6.07, 6.45) is 4.48. The fraction of sp³-hybridized carbons (Fsp3) is 0.500. The van der Waals surface area contributed by atoms with Crippen LogP contribution in [0.15, 0.2) is 29.1 Å². The van der Waals surface area contributed by atoms with Crippen molar-refractivity contribution < 1.29 is 14.2 Å². The summed E-state index contributed by atoms with van der Waals surface area (Å²) >= 11 is 5.67. The van der Waals surface area contributed by atoms with Crippen molar-refractivity contribution in [1.29, 1.82) is 0 Å². The summed E-state index contributed by atoms with van der Waals surface area (Å²) in [6, 6.07) is 8.32. The Balaban J connectivity index is 1.48. The van der Waals surface area contributed by atoms with E-state index >= 15 is 0 Å². The molecule has 3 aromatic carbocycles. The van der Waals surface area contributed by atoms with Crippen molar-refractivity contribution >= 4 is 11.6 Å². The molecular weight excluding hydrogens is 460 g/mol. The van der Waals surface area contributed by atoms with Gasteiger partial charge in [0.1, 0.15) is 12.4 Å². The van der Waals surface area contributed by atoms with E-state index in [1.54, 1.807) is 0 Å². The first kappa shape index (κ1) is 27.4. The maximum Gasteiger partial charge on any atom is 0.195 e. The Morgan fingerprint density at radius 2 is 1.09 bits per heavy atom. The third kappa shape index (κ3) is 7.42. The molecular formula is C30H39ClO4. The number of benzene rings is 2. The van der Waals surface area contributed by atoms with Gasteiger partial charge in [-0.15, -0.1) is 11.6 Å². The lowest BCUT2D eigenvalue weighted by Gasteiger charge is -2.12. The van der Waals surface area contributed by atoms with Crippen LogP contribution in [-0.4, -0.2) is 38.9 Å². The van der Waals surface area contributed by atoms with Gasteiger partial charge in [-0.25, -0.2) is 0 Å². The van der Waals surface area contributed by atoms with Crippen molar-refractivity contribution in [1.82, 2.24) is 0 Å². The molecule has 0 spiro atoms. The number of halogens is 1. The van der Waals surface area contributed by atoms with Crippen LogP contribution in [0, 0.1) is 34.6 Å². The minimum atomic E-state index is 0.158. The summed E-state index contributed by atoms with van der Waals surface area (Å²) in [6.45, 7) is 13.3. The third-order valence-corrected chi connectivity index (χ3v) is 6.63. The normalized spacial score (nSPS) is 11.5. The molecule has 0 aliphatic rings. The number of rotatable bonds is 15. The molecule has 3 aromatic rings. The first-order valence-electron chi connectivity index (χ1n) is 12.7. The van der Waals surface area contributed by atoms with Crippen molar-refractivity contribution in [3.8, 4) is 28.0 Å². The van der Waals surface area contributed by atoms with E-state index in [-0.39, 0.29) is 5.43 Å². The van der Waals surface area contributed by atoms with Crippen LogP contribution >= 0.6 is 11.6 Å². The van der Waals surface area contributed by atoms with E-state index in [4.69, 9.17) is 25.8 Å². The van der Waals surface area contributed by atoms with Gasteiger partial charge in [0, 0.05) is 23.6 Å². The Hall–Kier alpha value is -2.14. The first-order valence-corrected chi connectivity index (χ1v) is 13.2. The van der Waals surface area contributed by atoms with Gasteiger partial charge in [0.15, 0.2) is 5.43 Å². The third-order valence-electron chi connectivity index (χ3n) is 6.37. The molecule has 0 saturated carbocycles. The summed E-state index contributed by atoms with van der Waals surface area (Å²) in [5, 5.41) is 0. The molecule has 0 amide bonds. The molecule has 0 aliphatic heterocycles. The number of unbranched alkanes of at least 4 members (excludes halogenated alkanes) is 3. The van der Waals surface area contributed by atoms with Gasteiger partial charge in [0.25, 0.3) is 0 Å². The molecule has 0 atom stereocenters. The lowest BCUT2D eigenvalue weighted by Crippen LogP contribution is -2.11. The summed E-state index contributed by atoms with van der Waals surface area (Å²) in [5.41, 5.74) is 9.64. The molecule has 0 heterocycles. The second-order valence-corrected chi connectivity index (χ2v) is 9.84. The van der Waals surface area contributed by atoms with Gasteiger partial charge >= 0.3 is 0 Å². The van der Waals surface area contributed by atoms with Gasteiger partial charge in [-0.05, 0) is 93.0 Å². The average molecular weight is 499 g/mol. The highest BCUT2D eigenvalue weighted by Crippen LogP contribution is 2.42. The van der Waals surface area contributed by atoms with Gasteiger partial charge in [-0.1, -0.05) is 30.5 Å². The van der Waals surface area contributed by atoms with Gasteiger partial charge in [0.05, 0.1) is 19.8 Å². The molecule has 0 aromatic heterocycles. The molecule has 0 bridgehead atoms. The molecule has 3 rings (SSSR count). The van der Waals surface area contributed by atoms with E-state index in [0.717, 1.165) is 82.0 Å². The first-order chi connectivity index (χ1) is 16.8. The SMILES string of the molecule is Cc1cc(C)c(-c2c(-c3c(C)cc(OCCOCCOCCCCCCCl)cc3C)c2=O)c(C)c1. The molecule has 4 nitrogen and oxygen atoms in total. The van der Waals surface area contributed by atoms with E-state index in [9.17, 15) is 4.79 Å². The Kier molecular flexibility index (Phi) is 10.4. The van der Waals surface area contributed by atoms with Crippen LogP contribution in [0.2, 0.25) is 0 Å². The predicted molar refractivity (Wildman–Crippen MR) is 146 cm³/mol. The Morgan fingerprint density at radius 3 is 1.66 bits per heavy atom. The summed E-state index contributed by atoms with van der Waals surface area (Å²) in [4.78, 5) is 12.9. The lowest BCUT2D eigenvalue weighted by molar-refractivity contribution is 0.0352. The van der Waals surface area contributed by atoms with Gasteiger partial charge in [-0.2, -0.15) is 0 Å². The summed E-state index contributed by atoms with van der Waals surface area (Å²) in [5.74, 6) is 1.55. The van der Waals surface area contributed by atoms with Crippen LogP contribution in [-0.2, 0) is 9.47 Å². The van der Waals surface area contributed by atoms with Crippen molar-refractivity contribution in [2.75, 3.05) is 38.9 Å². The molecule has 0 unspecified atom stereocenters. The molecule has 0 N–H and O–H groups in total. The minimum Gasteiger partial charge on any atom is -0.491 e. The quantitative estimate of drug-likeness (QED) is 0.167. The molecule has 190 valence electrons. The highest BCUT2D eigenvalue weighted by atomic mass is 35.5. The zero-order valence-corrected chi connectivity index (χ0v) is 22.6. The number of alkyl halides is 1. The van der Waals surface area contributed by atoms with Crippen molar-refractivity contribution in [3.63, 3.8) is 0 Å². The molecule has 0 aliphatic carbocycles. The van der Waals surface area contributed by atoms with Gasteiger partial charge in [-0.3, -0.25) is 4.79 Å². The highest BCUT2D eigenvalue weighted by molar-refractivity contribution is 6.17. The van der Waals surface area contributed by atoms with Crippen molar-refractivity contribution in [2.24, 2.45) is 0 Å². The topological polar surface area (TPSA) is 44.8 Å². The fourth-order valence-corrected chi connectivity index (χ4v) is 5.00. The monoisotopic (exact) mass is 498 g/mol. The minimum absolute atomic E-state index is 0.158. The molecule has 0 fully saturated rings. The predicted octanol–water partition coefficient (Wildman–Crippen LogP) is 7.01. The summed E-state index contributed by atoms with van der Waals surface area (Å²) < 4.78 is 17.1. The Bertz CT molecular complexity index is 1080. The Morgan fingerprint density at radius 1 is 0.600 bits per heavy atom. The van der Waals surface area contributed by atoms with Gasteiger partial charge in [0.2, 0.25) is 0 Å². The number of aryl methyl sites for hydroxylation is 5. The number of ether oxygens (including phenoxy) is 3. The van der Waals surface area contributed by atoms with Crippen LogP contribution in [0.4, 0.5) is 0 Å². The summed E-state index contributed by atoms with van der Waals surface area (Å²) in [7, 11) is 0. The van der Waals surface area contributed by atoms with Crippen LogP contribution in [0.5, 0.6) is 5.75 Å². The van der Waals surface area contributed by atoms with Crippen molar-refractivity contribution in [3.05, 3.63) is 62.3 Å². The van der Waals surface area contributed by atoms with Crippen LogP contribution in [0.3, 0.4) is 0 Å².